The molecule has 2 aliphatic rings. The maximum Gasteiger partial charge on any atom is 0.308 e. The van der Waals surface area contributed by atoms with E-state index in [0.29, 0.717) is 19.5 Å². The summed E-state index contributed by atoms with van der Waals surface area (Å²) in [4.78, 5) is 28.5. The zero-order valence-corrected chi connectivity index (χ0v) is 14.9. The average Bonchev–Trinajstić information content (AvgIpc) is 2.61. The number of carbonyl (C=O) groups is 2. The number of rotatable bonds is 4. The fourth-order valence-electron chi connectivity index (χ4n) is 4.21. The first-order valence-electron chi connectivity index (χ1n) is 9.31. The van der Waals surface area contributed by atoms with E-state index in [0.717, 1.165) is 32.5 Å². The Kier molecular flexibility index (Phi) is 5.74. The van der Waals surface area contributed by atoms with Gasteiger partial charge in [-0.05, 0) is 37.3 Å². The highest BCUT2D eigenvalue weighted by atomic mass is 16.4. The molecule has 1 aromatic carbocycles. The molecule has 5 heteroatoms. The van der Waals surface area contributed by atoms with Crippen LogP contribution in [-0.2, 0) is 16.1 Å². The highest BCUT2D eigenvalue weighted by molar-refractivity contribution is 5.80. The van der Waals surface area contributed by atoms with E-state index in [1.165, 1.54) is 5.56 Å². The molecular weight excluding hydrogens is 316 g/mol. The number of benzene rings is 1. The lowest BCUT2D eigenvalue weighted by molar-refractivity contribution is -0.148. The molecule has 25 heavy (non-hydrogen) atoms. The summed E-state index contributed by atoms with van der Waals surface area (Å²) >= 11 is 0. The lowest BCUT2D eigenvalue weighted by atomic mass is 9.88. The quantitative estimate of drug-likeness (QED) is 0.911. The van der Waals surface area contributed by atoms with Gasteiger partial charge in [0.25, 0.3) is 0 Å². The normalized spacial score (nSPS) is 27.9. The Morgan fingerprint density at radius 1 is 1.12 bits per heavy atom. The van der Waals surface area contributed by atoms with Gasteiger partial charge in [-0.15, -0.1) is 0 Å². The summed E-state index contributed by atoms with van der Waals surface area (Å²) in [7, 11) is 0. The van der Waals surface area contributed by atoms with Gasteiger partial charge in [0.05, 0.1) is 11.8 Å². The Hall–Kier alpha value is -1.88. The molecule has 1 amide bonds. The van der Waals surface area contributed by atoms with E-state index >= 15 is 0 Å². The number of carboxylic acid groups (broad SMARTS) is 1. The highest BCUT2D eigenvalue weighted by Gasteiger charge is 2.35. The van der Waals surface area contributed by atoms with Crippen LogP contribution in [0.3, 0.4) is 0 Å². The number of hydrogen-bond acceptors (Lipinski definition) is 3. The number of carbonyl (C=O) groups excluding carboxylic acids is 1. The molecule has 1 N–H and O–H groups in total. The minimum atomic E-state index is -0.779. The van der Waals surface area contributed by atoms with Gasteiger partial charge in [0.15, 0.2) is 0 Å². The predicted octanol–water partition coefficient (Wildman–Crippen LogP) is 2.47. The number of likely N-dealkylation sites (tertiary alicyclic amines) is 2. The lowest BCUT2D eigenvalue weighted by Gasteiger charge is -2.39. The van der Waals surface area contributed by atoms with Crippen LogP contribution in [0.25, 0.3) is 0 Å². The van der Waals surface area contributed by atoms with Crippen molar-refractivity contribution in [1.29, 1.82) is 0 Å². The molecule has 5 nitrogen and oxygen atoms in total. The molecule has 3 rings (SSSR count). The van der Waals surface area contributed by atoms with Crippen molar-refractivity contribution < 1.29 is 14.7 Å². The number of hydrogen-bond donors (Lipinski definition) is 1. The van der Waals surface area contributed by atoms with E-state index in [9.17, 15) is 14.7 Å². The maximum atomic E-state index is 13.0. The number of aliphatic carboxylic acids is 1. The topological polar surface area (TPSA) is 60.9 Å². The summed E-state index contributed by atoms with van der Waals surface area (Å²) in [6, 6.07) is 10.3. The number of carboxylic acids is 1. The van der Waals surface area contributed by atoms with Crippen LogP contribution in [0.2, 0.25) is 0 Å². The Morgan fingerprint density at radius 2 is 1.88 bits per heavy atom. The van der Waals surface area contributed by atoms with E-state index in [1.54, 1.807) is 0 Å². The zero-order chi connectivity index (χ0) is 17.8. The van der Waals surface area contributed by atoms with Crippen molar-refractivity contribution in [3.05, 3.63) is 35.9 Å². The monoisotopic (exact) mass is 344 g/mol. The number of piperidine rings is 2. The predicted molar refractivity (Wildman–Crippen MR) is 95.9 cm³/mol. The molecular formula is C20H28N2O3. The molecule has 0 radical (unpaired) electrons. The maximum absolute atomic E-state index is 13.0. The summed E-state index contributed by atoms with van der Waals surface area (Å²) in [6.07, 6.45) is 2.60. The summed E-state index contributed by atoms with van der Waals surface area (Å²) < 4.78 is 0. The SMILES string of the molecule is CC1CC(C(=O)O)CN(C(=O)C2CCCN(Cc3ccccc3)C2)C1. The van der Waals surface area contributed by atoms with Crippen molar-refractivity contribution in [3.8, 4) is 0 Å². The molecule has 0 aliphatic carbocycles. The van der Waals surface area contributed by atoms with E-state index in [-0.39, 0.29) is 17.7 Å². The fourth-order valence-corrected chi connectivity index (χ4v) is 4.21. The number of nitrogens with zero attached hydrogens (tertiary/aromatic N) is 2. The fraction of sp³-hybridized carbons (Fsp3) is 0.600. The Balaban J connectivity index is 1.60. The molecule has 0 aromatic heterocycles. The van der Waals surface area contributed by atoms with Gasteiger partial charge < -0.3 is 10.0 Å². The van der Waals surface area contributed by atoms with Gasteiger partial charge in [-0.1, -0.05) is 37.3 Å². The molecule has 2 aliphatic heterocycles. The average molecular weight is 344 g/mol. The molecule has 1 aromatic rings. The largest absolute Gasteiger partial charge is 0.481 e. The van der Waals surface area contributed by atoms with Crippen LogP contribution >= 0.6 is 0 Å². The standard InChI is InChI=1S/C20H28N2O3/c1-15-10-18(20(24)25)14-22(11-15)19(23)17-8-5-9-21(13-17)12-16-6-3-2-4-7-16/h2-4,6-7,15,17-18H,5,8-14H2,1H3,(H,24,25). The molecule has 0 spiro atoms. The first-order valence-corrected chi connectivity index (χ1v) is 9.31. The first kappa shape index (κ1) is 17.9. The Bertz CT molecular complexity index is 604. The van der Waals surface area contributed by atoms with Crippen LogP contribution in [0.5, 0.6) is 0 Å². The van der Waals surface area contributed by atoms with Gasteiger partial charge in [-0.2, -0.15) is 0 Å². The first-order chi connectivity index (χ1) is 12.0. The Labute approximate surface area is 149 Å². The zero-order valence-electron chi connectivity index (χ0n) is 14.9. The molecule has 2 heterocycles. The van der Waals surface area contributed by atoms with Crippen molar-refractivity contribution in [2.45, 2.75) is 32.7 Å². The minimum Gasteiger partial charge on any atom is -0.481 e. The van der Waals surface area contributed by atoms with E-state index in [2.05, 4.69) is 17.0 Å². The van der Waals surface area contributed by atoms with Crippen molar-refractivity contribution in [2.75, 3.05) is 26.2 Å². The van der Waals surface area contributed by atoms with Crippen LogP contribution < -0.4 is 0 Å². The third-order valence-electron chi connectivity index (χ3n) is 5.42. The van der Waals surface area contributed by atoms with Crippen molar-refractivity contribution in [3.63, 3.8) is 0 Å². The second-order valence-electron chi connectivity index (χ2n) is 7.68. The highest BCUT2D eigenvalue weighted by Crippen LogP contribution is 2.26. The third-order valence-corrected chi connectivity index (χ3v) is 5.42. The lowest BCUT2D eigenvalue weighted by Crippen LogP contribution is -2.50. The van der Waals surface area contributed by atoms with Gasteiger partial charge in [0.1, 0.15) is 0 Å². The van der Waals surface area contributed by atoms with E-state index in [4.69, 9.17) is 0 Å². The summed E-state index contributed by atoms with van der Waals surface area (Å²) in [5.41, 5.74) is 1.27. The van der Waals surface area contributed by atoms with Gasteiger partial charge in [0, 0.05) is 26.2 Å². The third kappa shape index (κ3) is 4.60. The molecule has 3 unspecified atom stereocenters. The van der Waals surface area contributed by atoms with Crippen LogP contribution in [0.1, 0.15) is 31.7 Å². The Morgan fingerprint density at radius 3 is 2.60 bits per heavy atom. The summed E-state index contributed by atoms with van der Waals surface area (Å²) in [5, 5.41) is 9.33. The second-order valence-corrected chi connectivity index (χ2v) is 7.68. The molecule has 2 fully saturated rings. The van der Waals surface area contributed by atoms with Crippen molar-refractivity contribution >= 4 is 11.9 Å². The van der Waals surface area contributed by atoms with E-state index in [1.807, 2.05) is 30.0 Å². The number of amides is 1. The van der Waals surface area contributed by atoms with Gasteiger partial charge in [-0.3, -0.25) is 14.5 Å². The van der Waals surface area contributed by atoms with Crippen molar-refractivity contribution in [2.24, 2.45) is 17.8 Å². The smallest absolute Gasteiger partial charge is 0.308 e. The molecule has 0 saturated carbocycles. The second kappa shape index (κ2) is 8.00. The van der Waals surface area contributed by atoms with Crippen molar-refractivity contribution in [1.82, 2.24) is 9.80 Å². The summed E-state index contributed by atoms with van der Waals surface area (Å²) in [6.45, 7) is 5.77. The van der Waals surface area contributed by atoms with Gasteiger partial charge >= 0.3 is 5.97 Å². The summed E-state index contributed by atoms with van der Waals surface area (Å²) in [5.74, 6) is -0.800. The van der Waals surface area contributed by atoms with Gasteiger partial charge in [-0.25, -0.2) is 0 Å². The molecule has 2 saturated heterocycles. The van der Waals surface area contributed by atoms with Crippen LogP contribution in [0.15, 0.2) is 30.3 Å². The van der Waals surface area contributed by atoms with E-state index < -0.39 is 11.9 Å². The molecule has 0 bridgehead atoms. The van der Waals surface area contributed by atoms with Gasteiger partial charge in [0.2, 0.25) is 5.91 Å². The molecule has 3 atom stereocenters. The van der Waals surface area contributed by atoms with Crippen LogP contribution in [0.4, 0.5) is 0 Å². The van der Waals surface area contributed by atoms with Crippen LogP contribution in [0, 0.1) is 17.8 Å². The minimum absolute atomic E-state index is 0.00259. The van der Waals surface area contributed by atoms with Crippen LogP contribution in [-0.4, -0.2) is 53.0 Å². The molecule has 136 valence electrons.